The predicted octanol–water partition coefficient (Wildman–Crippen LogP) is 3.88. The molecule has 23 heavy (non-hydrogen) atoms. The van der Waals surface area contributed by atoms with Crippen LogP contribution in [-0.4, -0.2) is 24.5 Å². The number of hydrogen-bond donors (Lipinski definition) is 2. The zero-order valence-corrected chi connectivity index (χ0v) is 17.2. The first-order chi connectivity index (χ1) is 10.7. The van der Waals surface area contributed by atoms with Crippen LogP contribution in [0.1, 0.15) is 22.4 Å². The second-order valence-corrected chi connectivity index (χ2v) is 6.44. The van der Waals surface area contributed by atoms with Crippen molar-refractivity contribution < 1.29 is 0 Å². The number of nitrogens with zero attached hydrogens (tertiary/aromatic N) is 2. The Morgan fingerprint density at radius 3 is 2.83 bits per heavy atom. The van der Waals surface area contributed by atoms with Crippen LogP contribution in [0.4, 0.5) is 0 Å². The van der Waals surface area contributed by atoms with Crippen molar-refractivity contribution in [1.29, 1.82) is 0 Å². The molecule has 1 aromatic carbocycles. The first-order valence-electron chi connectivity index (χ1n) is 7.33. The molecule has 2 aromatic rings. The minimum absolute atomic E-state index is 0. The van der Waals surface area contributed by atoms with Gasteiger partial charge in [-0.25, -0.2) is 4.98 Å². The predicted molar refractivity (Wildman–Crippen MR) is 110 cm³/mol. The summed E-state index contributed by atoms with van der Waals surface area (Å²) in [4.78, 5) is 9.92. The Labute approximate surface area is 163 Å². The molecule has 4 nitrogen and oxygen atoms in total. The number of hydrogen-bond acceptors (Lipinski definition) is 3. The Hall–Kier alpha value is -0.860. The van der Waals surface area contributed by atoms with Gasteiger partial charge in [0.15, 0.2) is 5.96 Å². The lowest BCUT2D eigenvalue weighted by Crippen LogP contribution is -2.37. The van der Waals surface area contributed by atoms with Gasteiger partial charge in [-0.15, -0.1) is 35.3 Å². The van der Waals surface area contributed by atoms with Crippen LogP contribution in [0, 0.1) is 0 Å². The molecule has 0 unspecified atom stereocenters. The Morgan fingerprint density at radius 2 is 2.17 bits per heavy atom. The highest BCUT2D eigenvalue weighted by atomic mass is 127. The van der Waals surface area contributed by atoms with E-state index in [9.17, 15) is 0 Å². The molecule has 7 heteroatoms. The van der Waals surface area contributed by atoms with Gasteiger partial charge in [-0.1, -0.05) is 30.7 Å². The first kappa shape index (κ1) is 20.2. The standard InChI is InChI=1S/C16H21ClN4S.HI/c1-3-14-10-20-15(22-14)11-21-16(18-2)19-8-7-12-5-4-6-13(17)9-12;/h4-6,9-10H,3,7-8,11H2,1-2H3,(H2,18,19,21);1H. The highest BCUT2D eigenvalue weighted by molar-refractivity contribution is 14.0. The van der Waals surface area contributed by atoms with E-state index in [-0.39, 0.29) is 24.0 Å². The van der Waals surface area contributed by atoms with Crippen molar-refractivity contribution in [3.05, 3.63) is 50.9 Å². The number of nitrogens with one attached hydrogen (secondary N) is 2. The number of halogens is 2. The summed E-state index contributed by atoms with van der Waals surface area (Å²) in [7, 11) is 1.77. The molecule has 0 spiro atoms. The van der Waals surface area contributed by atoms with Crippen LogP contribution < -0.4 is 10.6 Å². The van der Waals surface area contributed by atoms with Gasteiger partial charge < -0.3 is 10.6 Å². The Bertz CT molecular complexity index is 630. The molecular weight excluding hydrogens is 443 g/mol. The number of guanidine groups is 1. The number of rotatable bonds is 6. The Kier molecular flexibility index (Phi) is 9.50. The molecule has 2 rings (SSSR count). The second kappa shape index (κ2) is 10.8. The van der Waals surface area contributed by atoms with Crippen LogP contribution in [0.3, 0.4) is 0 Å². The number of benzene rings is 1. The van der Waals surface area contributed by atoms with Crippen LogP contribution >= 0.6 is 46.9 Å². The summed E-state index contributed by atoms with van der Waals surface area (Å²) in [6.45, 7) is 3.64. The largest absolute Gasteiger partial charge is 0.356 e. The molecule has 0 aliphatic carbocycles. The molecular formula is C16H22ClIN4S. The van der Waals surface area contributed by atoms with Gasteiger partial charge in [0, 0.05) is 29.7 Å². The lowest BCUT2D eigenvalue weighted by molar-refractivity contribution is 0.792. The minimum Gasteiger partial charge on any atom is -0.356 e. The van der Waals surface area contributed by atoms with Crippen LogP contribution in [0.2, 0.25) is 5.02 Å². The average Bonchev–Trinajstić information content (AvgIpc) is 2.99. The molecule has 0 radical (unpaired) electrons. The smallest absolute Gasteiger partial charge is 0.191 e. The second-order valence-electron chi connectivity index (χ2n) is 4.81. The third-order valence-corrected chi connectivity index (χ3v) is 4.55. The highest BCUT2D eigenvalue weighted by Gasteiger charge is 2.02. The maximum atomic E-state index is 5.98. The summed E-state index contributed by atoms with van der Waals surface area (Å²) in [5.74, 6) is 0.787. The topological polar surface area (TPSA) is 49.3 Å². The quantitative estimate of drug-likeness (QED) is 0.387. The average molecular weight is 465 g/mol. The first-order valence-corrected chi connectivity index (χ1v) is 8.53. The molecule has 0 amide bonds. The molecule has 0 bridgehead atoms. The SMILES string of the molecule is CCc1cnc(CNC(=NC)NCCc2cccc(Cl)c2)s1.I. The zero-order valence-electron chi connectivity index (χ0n) is 13.3. The molecule has 126 valence electrons. The van der Waals surface area contributed by atoms with Crippen molar-refractivity contribution in [2.24, 2.45) is 4.99 Å². The van der Waals surface area contributed by atoms with E-state index >= 15 is 0 Å². The molecule has 0 atom stereocenters. The zero-order chi connectivity index (χ0) is 15.8. The normalized spacial score (nSPS) is 11.0. The highest BCUT2D eigenvalue weighted by Crippen LogP contribution is 2.13. The van der Waals surface area contributed by atoms with Gasteiger partial charge in [-0.05, 0) is 30.5 Å². The van der Waals surface area contributed by atoms with E-state index in [1.165, 1.54) is 10.4 Å². The fourth-order valence-electron chi connectivity index (χ4n) is 1.99. The van der Waals surface area contributed by atoms with E-state index in [0.29, 0.717) is 6.54 Å². The molecule has 0 saturated carbocycles. The van der Waals surface area contributed by atoms with E-state index in [1.807, 2.05) is 24.4 Å². The molecule has 0 aliphatic rings. The van der Waals surface area contributed by atoms with Gasteiger partial charge in [-0.2, -0.15) is 0 Å². The minimum atomic E-state index is 0. The van der Waals surface area contributed by atoms with Gasteiger partial charge in [0.05, 0.1) is 6.54 Å². The number of thiazole rings is 1. The fourth-order valence-corrected chi connectivity index (χ4v) is 3.01. The van der Waals surface area contributed by atoms with Crippen molar-refractivity contribution >= 4 is 52.9 Å². The Balaban J connectivity index is 0.00000264. The molecule has 2 N–H and O–H groups in total. The van der Waals surface area contributed by atoms with E-state index in [2.05, 4.69) is 33.6 Å². The molecule has 0 fully saturated rings. The molecule has 1 heterocycles. The van der Waals surface area contributed by atoms with Crippen LogP contribution in [0.25, 0.3) is 0 Å². The molecule has 1 aromatic heterocycles. The van der Waals surface area contributed by atoms with E-state index in [1.54, 1.807) is 18.4 Å². The van der Waals surface area contributed by atoms with Crippen molar-refractivity contribution in [1.82, 2.24) is 15.6 Å². The van der Waals surface area contributed by atoms with Crippen molar-refractivity contribution in [3.63, 3.8) is 0 Å². The summed E-state index contributed by atoms with van der Waals surface area (Å²) in [6, 6.07) is 7.92. The monoisotopic (exact) mass is 464 g/mol. The number of aliphatic imine (C=N–C) groups is 1. The van der Waals surface area contributed by atoms with Crippen LogP contribution in [0.15, 0.2) is 35.5 Å². The van der Waals surface area contributed by atoms with E-state index in [0.717, 1.165) is 35.4 Å². The summed E-state index contributed by atoms with van der Waals surface area (Å²) in [5, 5.41) is 8.43. The van der Waals surface area contributed by atoms with E-state index in [4.69, 9.17) is 11.6 Å². The summed E-state index contributed by atoms with van der Waals surface area (Å²) in [6.07, 6.45) is 3.87. The third kappa shape index (κ3) is 7.05. The molecule has 0 aliphatic heterocycles. The van der Waals surface area contributed by atoms with Crippen molar-refractivity contribution in [2.45, 2.75) is 26.3 Å². The van der Waals surface area contributed by atoms with Crippen molar-refractivity contribution in [3.8, 4) is 0 Å². The van der Waals surface area contributed by atoms with Gasteiger partial charge in [0.2, 0.25) is 0 Å². The van der Waals surface area contributed by atoms with Gasteiger partial charge in [0.25, 0.3) is 0 Å². The van der Waals surface area contributed by atoms with Crippen LogP contribution in [-0.2, 0) is 19.4 Å². The number of aromatic nitrogens is 1. The van der Waals surface area contributed by atoms with Crippen LogP contribution in [0.5, 0.6) is 0 Å². The van der Waals surface area contributed by atoms with Gasteiger partial charge >= 0.3 is 0 Å². The number of aryl methyl sites for hydroxylation is 1. The summed E-state index contributed by atoms with van der Waals surface area (Å²) < 4.78 is 0. The van der Waals surface area contributed by atoms with Gasteiger partial charge in [-0.3, -0.25) is 4.99 Å². The fraction of sp³-hybridized carbons (Fsp3) is 0.375. The van der Waals surface area contributed by atoms with Gasteiger partial charge in [0.1, 0.15) is 5.01 Å². The maximum Gasteiger partial charge on any atom is 0.191 e. The summed E-state index contributed by atoms with van der Waals surface area (Å²) >= 11 is 7.72. The van der Waals surface area contributed by atoms with Crippen molar-refractivity contribution in [2.75, 3.05) is 13.6 Å². The maximum absolute atomic E-state index is 5.98. The van der Waals surface area contributed by atoms with E-state index < -0.39 is 0 Å². The Morgan fingerprint density at radius 1 is 1.35 bits per heavy atom. The lowest BCUT2D eigenvalue weighted by Gasteiger charge is -2.11. The lowest BCUT2D eigenvalue weighted by atomic mass is 10.1. The summed E-state index contributed by atoms with van der Waals surface area (Å²) in [5.41, 5.74) is 1.21. The molecule has 0 saturated heterocycles. The third-order valence-electron chi connectivity index (χ3n) is 3.18.